The average molecular weight is 270 g/mol. The summed E-state index contributed by atoms with van der Waals surface area (Å²) in [6.45, 7) is 3.78. The van der Waals surface area contributed by atoms with E-state index in [9.17, 15) is 9.18 Å². The third-order valence-corrected chi connectivity index (χ3v) is 2.57. The zero-order valence-electron chi connectivity index (χ0n) is 11.0. The highest BCUT2D eigenvalue weighted by Gasteiger charge is 2.08. The molecule has 0 aliphatic heterocycles. The van der Waals surface area contributed by atoms with Gasteiger partial charge in [0, 0.05) is 12.2 Å². The van der Waals surface area contributed by atoms with Crippen molar-refractivity contribution in [3.05, 3.63) is 35.1 Å². The van der Waals surface area contributed by atoms with Crippen molar-refractivity contribution in [3.8, 4) is 0 Å². The first kappa shape index (κ1) is 15.6. The molecule has 1 aromatic rings. The number of benzene rings is 1. The Morgan fingerprint density at radius 1 is 1.26 bits per heavy atom. The maximum Gasteiger partial charge on any atom is 0.335 e. The van der Waals surface area contributed by atoms with Gasteiger partial charge < -0.3 is 14.6 Å². The van der Waals surface area contributed by atoms with Crippen LogP contribution in [0.5, 0.6) is 0 Å². The lowest BCUT2D eigenvalue weighted by Gasteiger charge is -2.07. The van der Waals surface area contributed by atoms with Gasteiger partial charge in [0.15, 0.2) is 0 Å². The van der Waals surface area contributed by atoms with Crippen molar-refractivity contribution in [3.63, 3.8) is 0 Å². The molecule has 0 aliphatic carbocycles. The molecule has 0 atom stereocenters. The molecular weight excluding hydrogens is 251 g/mol. The Balaban J connectivity index is 2.28. The molecule has 0 aliphatic rings. The van der Waals surface area contributed by atoms with Gasteiger partial charge in [-0.25, -0.2) is 9.18 Å². The second kappa shape index (κ2) is 8.61. The molecule has 0 bridgehead atoms. The Labute approximate surface area is 112 Å². The van der Waals surface area contributed by atoms with Crippen molar-refractivity contribution in [1.82, 2.24) is 0 Å². The third kappa shape index (κ3) is 5.81. The van der Waals surface area contributed by atoms with E-state index in [4.69, 9.17) is 14.6 Å². The summed E-state index contributed by atoms with van der Waals surface area (Å²) >= 11 is 0. The minimum Gasteiger partial charge on any atom is -0.478 e. The van der Waals surface area contributed by atoms with Gasteiger partial charge in [0.1, 0.15) is 5.82 Å². The SMILES string of the molecule is CCCCOCCOCc1ccc(C(=O)O)cc1F. The average Bonchev–Trinajstić information content (AvgIpc) is 2.39. The van der Waals surface area contributed by atoms with Gasteiger partial charge in [-0.1, -0.05) is 19.4 Å². The van der Waals surface area contributed by atoms with Crippen molar-refractivity contribution < 1.29 is 23.8 Å². The summed E-state index contributed by atoms with van der Waals surface area (Å²) in [7, 11) is 0. The van der Waals surface area contributed by atoms with Crippen LogP contribution in [0.1, 0.15) is 35.7 Å². The van der Waals surface area contributed by atoms with Crippen molar-refractivity contribution in [2.45, 2.75) is 26.4 Å². The van der Waals surface area contributed by atoms with E-state index in [0.29, 0.717) is 25.4 Å². The van der Waals surface area contributed by atoms with E-state index in [2.05, 4.69) is 6.92 Å². The molecule has 0 spiro atoms. The lowest BCUT2D eigenvalue weighted by molar-refractivity contribution is 0.0387. The van der Waals surface area contributed by atoms with Gasteiger partial charge >= 0.3 is 5.97 Å². The van der Waals surface area contributed by atoms with Gasteiger partial charge in [-0.15, -0.1) is 0 Å². The maximum atomic E-state index is 13.5. The summed E-state index contributed by atoms with van der Waals surface area (Å²) < 4.78 is 24.1. The molecule has 1 N–H and O–H groups in total. The number of carbonyl (C=O) groups is 1. The highest BCUT2D eigenvalue weighted by atomic mass is 19.1. The van der Waals surface area contributed by atoms with Crippen LogP contribution in [-0.4, -0.2) is 30.9 Å². The Morgan fingerprint density at radius 3 is 2.63 bits per heavy atom. The number of carboxylic acid groups (broad SMARTS) is 1. The lowest BCUT2D eigenvalue weighted by atomic mass is 10.1. The van der Waals surface area contributed by atoms with E-state index in [-0.39, 0.29) is 12.2 Å². The smallest absolute Gasteiger partial charge is 0.335 e. The fourth-order valence-electron chi connectivity index (χ4n) is 1.45. The number of hydrogen-bond acceptors (Lipinski definition) is 3. The molecule has 0 saturated heterocycles. The standard InChI is InChI=1S/C14H19FO4/c1-2-3-6-18-7-8-19-10-12-5-4-11(14(16)17)9-13(12)15/h4-5,9H,2-3,6-8,10H2,1H3,(H,16,17). The molecule has 4 nitrogen and oxygen atoms in total. The largest absolute Gasteiger partial charge is 0.478 e. The van der Waals surface area contributed by atoms with Gasteiger partial charge in [0.25, 0.3) is 0 Å². The predicted molar refractivity (Wildman–Crippen MR) is 68.7 cm³/mol. The number of aromatic carboxylic acids is 1. The maximum absolute atomic E-state index is 13.5. The van der Waals surface area contributed by atoms with Gasteiger partial charge in [-0.3, -0.25) is 0 Å². The van der Waals surface area contributed by atoms with Crippen molar-refractivity contribution >= 4 is 5.97 Å². The Bertz CT molecular complexity index is 406. The summed E-state index contributed by atoms with van der Waals surface area (Å²) in [6, 6.07) is 3.79. The highest BCUT2D eigenvalue weighted by molar-refractivity contribution is 5.87. The number of ether oxygens (including phenoxy) is 2. The van der Waals surface area contributed by atoms with Crippen LogP contribution in [0.2, 0.25) is 0 Å². The Morgan fingerprint density at radius 2 is 2.00 bits per heavy atom. The molecule has 0 heterocycles. The zero-order valence-corrected chi connectivity index (χ0v) is 11.0. The second-order valence-electron chi connectivity index (χ2n) is 4.13. The third-order valence-electron chi connectivity index (χ3n) is 2.57. The van der Waals surface area contributed by atoms with E-state index in [1.165, 1.54) is 12.1 Å². The number of halogens is 1. The van der Waals surface area contributed by atoms with E-state index < -0.39 is 11.8 Å². The van der Waals surface area contributed by atoms with Crippen molar-refractivity contribution in [2.24, 2.45) is 0 Å². The lowest BCUT2D eigenvalue weighted by Crippen LogP contribution is -2.06. The summed E-state index contributed by atoms with van der Waals surface area (Å²) in [6.07, 6.45) is 2.10. The number of carboxylic acids is 1. The van der Waals surface area contributed by atoms with Crippen LogP contribution in [0.3, 0.4) is 0 Å². The molecule has 19 heavy (non-hydrogen) atoms. The molecule has 1 aromatic carbocycles. The van der Waals surface area contributed by atoms with Crippen LogP contribution in [0, 0.1) is 5.82 Å². The van der Waals surface area contributed by atoms with Gasteiger partial charge in [0.05, 0.1) is 25.4 Å². The first-order valence-electron chi connectivity index (χ1n) is 6.32. The summed E-state index contributed by atoms with van der Waals surface area (Å²) in [5.74, 6) is -1.71. The van der Waals surface area contributed by atoms with Gasteiger partial charge in [-0.05, 0) is 18.6 Å². The zero-order chi connectivity index (χ0) is 14.1. The second-order valence-corrected chi connectivity index (χ2v) is 4.13. The molecular formula is C14H19FO4. The molecule has 0 amide bonds. The van der Waals surface area contributed by atoms with Crippen molar-refractivity contribution in [1.29, 1.82) is 0 Å². The fourth-order valence-corrected chi connectivity index (χ4v) is 1.45. The predicted octanol–water partition coefficient (Wildman–Crippen LogP) is 2.86. The van der Waals surface area contributed by atoms with Crippen LogP contribution in [0.4, 0.5) is 4.39 Å². The molecule has 1 rings (SSSR count). The Kier molecular flexibility index (Phi) is 7.07. The molecule has 5 heteroatoms. The van der Waals surface area contributed by atoms with Crippen molar-refractivity contribution in [2.75, 3.05) is 19.8 Å². The van der Waals surface area contributed by atoms with E-state index in [1.807, 2.05) is 0 Å². The van der Waals surface area contributed by atoms with Crippen LogP contribution in [0.15, 0.2) is 18.2 Å². The first-order valence-corrected chi connectivity index (χ1v) is 6.32. The summed E-state index contributed by atoms with van der Waals surface area (Å²) in [5, 5.41) is 8.70. The van der Waals surface area contributed by atoms with Crippen LogP contribution < -0.4 is 0 Å². The molecule has 0 radical (unpaired) electrons. The van der Waals surface area contributed by atoms with Gasteiger partial charge in [0.2, 0.25) is 0 Å². The first-order chi connectivity index (χ1) is 9.15. The molecule has 0 saturated carbocycles. The fraction of sp³-hybridized carbons (Fsp3) is 0.500. The summed E-state index contributed by atoms with van der Waals surface area (Å²) in [4.78, 5) is 10.6. The van der Waals surface area contributed by atoms with Crippen LogP contribution in [-0.2, 0) is 16.1 Å². The van der Waals surface area contributed by atoms with Crippen LogP contribution in [0.25, 0.3) is 0 Å². The topological polar surface area (TPSA) is 55.8 Å². The summed E-state index contributed by atoms with van der Waals surface area (Å²) in [5.41, 5.74) is 0.280. The van der Waals surface area contributed by atoms with Gasteiger partial charge in [-0.2, -0.15) is 0 Å². The molecule has 106 valence electrons. The minimum absolute atomic E-state index is 0.0656. The van der Waals surface area contributed by atoms with E-state index in [1.54, 1.807) is 0 Å². The number of unbranched alkanes of at least 4 members (excludes halogenated alkanes) is 1. The monoisotopic (exact) mass is 270 g/mol. The molecule has 0 aromatic heterocycles. The molecule has 0 fully saturated rings. The van der Waals surface area contributed by atoms with E-state index >= 15 is 0 Å². The number of rotatable bonds is 9. The van der Waals surface area contributed by atoms with Crippen LogP contribution >= 0.6 is 0 Å². The number of hydrogen-bond donors (Lipinski definition) is 1. The minimum atomic E-state index is -1.14. The quantitative estimate of drug-likeness (QED) is 0.701. The normalized spacial score (nSPS) is 10.6. The molecule has 0 unspecified atom stereocenters. The Hall–Kier alpha value is -1.46. The highest BCUT2D eigenvalue weighted by Crippen LogP contribution is 2.11. The van der Waals surface area contributed by atoms with E-state index in [0.717, 1.165) is 18.9 Å².